The highest BCUT2D eigenvalue weighted by Crippen LogP contribution is 2.10. The van der Waals surface area contributed by atoms with E-state index in [1.165, 1.54) is 20.8 Å². The standard InChI is InChI=1S/C57H99N9O15/c1-13-19-28-61(29-20-14-2)37-46(79-52(70)58-25-34-76-49(67)43(7)8)40-64-55(73)65(41-47(38-62(30-21-15-3)31-22-16-4)80-53(71)59-26-35-77-50(68)44(9)10)57(75)66(56(64)74)42-48(39-63(32-23-17-5)33-24-18-6)81-54(72)60-27-36-78-51(69)45(11)12/h46-48H,7,9,11,13-42H2,1-6,8,10,12H3,(H,58,70)(H,59,71)(H,60,72). The zero-order valence-electron chi connectivity index (χ0n) is 50.4. The summed E-state index contributed by atoms with van der Waals surface area (Å²) >= 11 is 0. The van der Waals surface area contributed by atoms with Gasteiger partial charge in [0.2, 0.25) is 0 Å². The van der Waals surface area contributed by atoms with Gasteiger partial charge in [-0.25, -0.2) is 56.9 Å². The lowest BCUT2D eigenvalue weighted by molar-refractivity contribution is -0.139. The molecule has 24 nitrogen and oxygen atoms in total. The molecule has 3 N–H and O–H groups in total. The molecule has 1 heterocycles. The van der Waals surface area contributed by atoms with Crippen LogP contribution in [0.25, 0.3) is 0 Å². The molecule has 0 fully saturated rings. The summed E-state index contributed by atoms with van der Waals surface area (Å²) in [6, 6.07) is 0. The number of carbonyl (C=O) groups excluding carboxylic acids is 6. The van der Waals surface area contributed by atoms with Crippen LogP contribution in [0.4, 0.5) is 14.4 Å². The Bertz CT molecular complexity index is 2000. The number of aromatic nitrogens is 3. The van der Waals surface area contributed by atoms with Crippen LogP contribution in [-0.2, 0) is 62.4 Å². The Balaban J connectivity index is 4.31. The molecule has 0 bridgehead atoms. The Labute approximate surface area is 479 Å². The maximum absolute atomic E-state index is 15.2. The minimum absolute atomic E-state index is 0.0673. The average Bonchev–Trinajstić information content (AvgIpc) is 3.58. The van der Waals surface area contributed by atoms with Crippen LogP contribution in [-0.4, -0.2) is 181 Å². The second kappa shape index (κ2) is 42.6. The largest absolute Gasteiger partial charge is 0.460 e. The second-order valence-corrected chi connectivity index (χ2v) is 20.3. The molecule has 3 amide bonds. The van der Waals surface area contributed by atoms with Crippen LogP contribution in [0.3, 0.4) is 0 Å². The van der Waals surface area contributed by atoms with Gasteiger partial charge in [-0.15, -0.1) is 0 Å². The van der Waals surface area contributed by atoms with E-state index >= 15 is 14.4 Å². The van der Waals surface area contributed by atoms with Crippen molar-refractivity contribution in [2.45, 2.75) is 177 Å². The van der Waals surface area contributed by atoms with Crippen molar-refractivity contribution in [1.82, 2.24) is 44.4 Å². The Morgan fingerprint density at radius 2 is 0.617 bits per heavy atom. The van der Waals surface area contributed by atoms with Gasteiger partial charge in [-0.1, -0.05) is 99.8 Å². The van der Waals surface area contributed by atoms with Crippen molar-refractivity contribution < 1.29 is 57.2 Å². The van der Waals surface area contributed by atoms with E-state index in [0.717, 1.165) is 90.8 Å². The average molecular weight is 1150 g/mol. The summed E-state index contributed by atoms with van der Waals surface area (Å²) < 4.78 is 35.9. The van der Waals surface area contributed by atoms with Crippen molar-refractivity contribution >= 4 is 36.2 Å². The van der Waals surface area contributed by atoms with Gasteiger partial charge in [0.15, 0.2) is 0 Å². The van der Waals surface area contributed by atoms with E-state index in [1.807, 2.05) is 41.5 Å². The van der Waals surface area contributed by atoms with Crippen LogP contribution in [0.15, 0.2) is 50.8 Å². The molecule has 0 saturated heterocycles. The van der Waals surface area contributed by atoms with Crippen molar-refractivity contribution in [2.24, 2.45) is 0 Å². The number of amides is 3. The number of hydrogen-bond donors (Lipinski definition) is 3. The smallest absolute Gasteiger partial charge is 0.407 e. The predicted octanol–water partition coefficient (Wildman–Crippen LogP) is 5.52. The SMILES string of the molecule is C=C(C)C(=O)OCCNC(=O)OC(CN(CCCC)CCCC)Cn1c(=O)n(CC(CN(CCCC)CCCC)OC(=O)NCCOC(=O)C(=C)C)c(=O)n(CC(CN(CCCC)CCCC)OC(=O)NCCOC(=O)C(=C)C)c1=O. The van der Waals surface area contributed by atoms with Gasteiger partial charge in [-0.05, 0) is 98.6 Å². The van der Waals surface area contributed by atoms with Crippen LogP contribution >= 0.6 is 0 Å². The molecule has 0 aliphatic carbocycles. The van der Waals surface area contributed by atoms with E-state index in [2.05, 4.69) is 50.4 Å². The van der Waals surface area contributed by atoms with E-state index in [9.17, 15) is 28.8 Å². The minimum Gasteiger partial charge on any atom is -0.460 e. The van der Waals surface area contributed by atoms with Crippen molar-refractivity contribution in [3.05, 3.63) is 67.9 Å². The molecule has 0 aromatic carbocycles. The highest BCUT2D eigenvalue weighted by molar-refractivity contribution is 5.87. The van der Waals surface area contributed by atoms with Gasteiger partial charge < -0.3 is 44.4 Å². The van der Waals surface area contributed by atoms with E-state index in [-0.39, 0.29) is 75.8 Å². The number of ether oxygens (including phenoxy) is 6. The lowest BCUT2D eigenvalue weighted by Gasteiger charge is -2.30. The normalized spacial score (nSPS) is 12.3. The Morgan fingerprint density at radius 3 is 0.802 bits per heavy atom. The molecule has 0 aliphatic heterocycles. The molecule has 3 atom stereocenters. The van der Waals surface area contributed by atoms with Gasteiger partial charge in [-0.3, -0.25) is 14.7 Å². The summed E-state index contributed by atoms with van der Waals surface area (Å²) in [4.78, 5) is 129. The number of alkyl carbamates (subject to hydrolysis) is 3. The zero-order chi connectivity index (χ0) is 60.7. The quantitative estimate of drug-likeness (QED) is 0.0314. The first-order valence-corrected chi connectivity index (χ1v) is 29.1. The minimum atomic E-state index is -1.19. The summed E-state index contributed by atoms with van der Waals surface area (Å²) in [6.07, 6.45) is 3.49. The molecular weight excluding hydrogens is 1050 g/mol. The monoisotopic (exact) mass is 1150 g/mol. The van der Waals surface area contributed by atoms with Crippen LogP contribution in [0, 0.1) is 0 Å². The third-order valence-electron chi connectivity index (χ3n) is 12.6. The Kier molecular flexibility index (Phi) is 38.2. The number of esters is 3. The van der Waals surface area contributed by atoms with Crippen molar-refractivity contribution in [3.8, 4) is 0 Å². The van der Waals surface area contributed by atoms with Gasteiger partial charge in [-0.2, -0.15) is 0 Å². The number of nitrogens with one attached hydrogen (secondary N) is 3. The van der Waals surface area contributed by atoms with Gasteiger partial charge in [0.05, 0.1) is 39.3 Å². The van der Waals surface area contributed by atoms with Crippen molar-refractivity contribution in [1.29, 1.82) is 0 Å². The highest BCUT2D eigenvalue weighted by atomic mass is 16.6. The molecule has 1 rings (SSSR count). The molecule has 0 radical (unpaired) electrons. The van der Waals surface area contributed by atoms with Gasteiger partial charge in [0.25, 0.3) is 0 Å². The maximum atomic E-state index is 15.2. The Morgan fingerprint density at radius 1 is 0.407 bits per heavy atom. The predicted molar refractivity (Wildman–Crippen MR) is 310 cm³/mol. The molecular formula is C57H99N9O15. The summed E-state index contributed by atoms with van der Waals surface area (Å²) in [5.74, 6) is -1.94. The van der Waals surface area contributed by atoms with Crippen LogP contribution in [0.1, 0.15) is 139 Å². The van der Waals surface area contributed by atoms with E-state index in [0.29, 0.717) is 39.3 Å². The number of nitrogens with zero attached hydrogens (tertiary/aromatic N) is 6. The number of unbranched alkanes of at least 4 members (excludes halogenated alkanes) is 6. The summed E-state index contributed by atoms with van der Waals surface area (Å²) in [5.41, 5.74) is -2.74. The molecule has 0 aliphatic rings. The molecule has 1 aromatic heterocycles. The van der Waals surface area contributed by atoms with Gasteiger partial charge in [0, 0.05) is 36.4 Å². The highest BCUT2D eigenvalue weighted by Gasteiger charge is 2.29. The second-order valence-electron chi connectivity index (χ2n) is 20.3. The maximum Gasteiger partial charge on any atom is 0.407 e. The van der Waals surface area contributed by atoms with Gasteiger partial charge >= 0.3 is 53.3 Å². The molecule has 0 saturated carbocycles. The van der Waals surface area contributed by atoms with Crippen molar-refractivity contribution in [3.63, 3.8) is 0 Å². The lowest BCUT2D eigenvalue weighted by Crippen LogP contribution is -2.59. The van der Waals surface area contributed by atoms with Crippen LogP contribution in [0.2, 0.25) is 0 Å². The van der Waals surface area contributed by atoms with E-state index < -0.39 is 91.2 Å². The first kappa shape index (κ1) is 72.7. The molecule has 462 valence electrons. The number of carbonyl (C=O) groups is 6. The zero-order valence-corrected chi connectivity index (χ0v) is 50.4. The first-order valence-electron chi connectivity index (χ1n) is 29.1. The van der Waals surface area contributed by atoms with Gasteiger partial charge in [0.1, 0.15) is 38.1 Å². The molecule has 81 heavy (non-hydrogen) atoms. The third-order valence-corrected chi connectivity index (χ3v) is 12.6. The van der Waals surface area contributed by atoms with E-state index in [1.54, 1.807) is 0 Å². The topological polar surface area (TPSA) is 270 Å². The number of rotatable bonds is 45. The third kappa shape index (κ3) is 30.9. The molecule has 3 unspecified atom stereocenters. The first-order chi connectivity index (χ1) is 38.7. The van der Waals surface area contributed by atoms with E-state index in [4.69, 9.17) is 28.4 Å². The fourth-order valence-electron chi connectivity index (χ4n) is 8.04. The molecule has 24 heteroatoms. The fourth-order valence-corrected chi connectivity index (χ4v) is 8.04. The molecule has 1 aromatic rings. The summed E-state index contributed by atoms with van der Waals surface area (Å²) in [7, 11) is 0. The molecule has 0 spiro atoms. The van der Waals surface area contributed by atoms with Crippen LogP contribution in [0.5, 0.6) is 0 Å². The summed E-state index contributed by atoms with van der Waals surface area (Å²) in [6.45, 7) is 28.5. The number of hydrogen-bond acceptors (Lipinski definition) is 18. The lowest BCUT2D eigenvalue weighted by atomic mass is 10.2. The fraction of sp³-hybridized carbons (Fsp3) is 0.737. The van der Waals surface area contributed by atoms with Crippen molar-refractivity contribution in [2.75, 3.05) is 98.4 Å². The summed E-state index contributed by atoms with van der Waals surface area (Å²) in [5, 5.41) is 7.70. The Hall–Kier alpha value is -6.27. The van der Waals surface area contributed by atoms with Crippen LogP contribution < -0.4 is 33.0 Å².